The zero-order chi connectivity index (χ0) is 13.8. The van der Waals surface area contributed by atoms with Gasteiger partial charge in [0.2, 0.25) is 0 Å². The number of allylic oxidation sites excluding steroid dienone is 1. The summed E-state index contributed by atoms with van der Waals surface area (Å²) in [6.45, 7) is 14.5. The molecular weight excluding hydrogens is 220 g/mol. The number of benzene rings is 1. The maximum absolute atomic E-state index is 5.87. The Bertz CT molecular complexity index is 359. The predicted octanol–water partition coefficient (Wildman–Crippen LogP) is 4.03. The molecule has 98 valence electrons. The van der Waals surface area contributed by atoms with Crippen molar-refractivity contribution in [3.05, 3.63) is 62.2 Å². The minimum atomic E-state index is 0.778. The maximum atomic E-state index is 5.87. The monoisotopic (exact) mass is 244 g/mol. The third-order valence-corrected chi connectivity index (χ3v) is 2.27. The molecule has 1 rings (SSSR count). The molecule has 0 spiro atoms. The Morgan fingerprint density at radius 2 is 1.56 bits per heavy atom. The van der Waals surface area contributed by atoms with Crippen LogP contribution in [-0.4, -0.2) is 13.1 Å². The third-order valence-electron chi connectivity index (χ3n) is 2.27. The first kappa shape index (κ1) is 16.0. The largest absolute Gasteiger partial charge is 0.397 e. The van der Waals surface area contributed by atoms with Crippen LogP contribution in [0.1, 0.15) is 13.3 Å². The molecular formula is C16H24N2. The van der Waals surface area contributed by atoms with Gasteiger partial charge in [0.25, 0.3) is 0 Å². The van der Waals surface area contributed by atoms with Crippen molar-refractivity contribution in [2.24, 2.45) is 0 Å². The molecule has 0 aliphatic rings. The van der Waals surface area contributed by atoms with Crippen LogP contribution in [-0.2, 0) is 0 Å². The Morgan fingerprint density at radius 3 is 1.94 bits per heavy atom. The Morgan fingerprint density at radius 1 is 1.06 bits per heavy atom. The van der Waals surface area contributed by atoms with Crippen LogP contribution >= 0.6 is 0 Å². The van der Waals surface area contributed by atoms with Gasteiger partial charge in [0, 0.05) is 13.1 Å². The van der Waals surface area contributed by atoms with Crippen molar-refractivity contribution in [2.45, 2.75) is 13.3 Å². The molecule has 18 heavy (non-hydrogen) atoms. The fraction of sp³-hybridized carbons (Fsp3) is 0.250. The number of hydrogen-bond acceptors (Lipinski definition) is 2. The van der Waals surface area contributed by atoms with Gasteiger partial charge in [-0.3, -0.25) is 0 Å². The van der Waals surface area contributed by atoms with E-state index < -0.39 is 0 Å². The molecule has 0 aromatic heterocycles. The minimum absolute atomic E-state index is 0.778. The molecule has 0 aliphatic heterocycles. The van der Waals surface area contributed by atoms with E-state index in [1.165, 1.54) is 0 Å². The topological polar surface area (TPSA) is 29.3 Å². The summed E-state index contributed by atoms with van der Waals surface area (Å²) in [4.78, 5) is 2.12. The summed E-state index contributed by atoms with van der Waals surface area (Å²) in [7, 11) is 0. The number of para-hydroxylation sites is 2. The molecule has 0 saturated carbocycles. The van der Waals surface area contributed by atoms with Crippen molar-refractivity contribution in [1.29, 1.82) is 0 Å². The van der Waals surface area contributed by atoms with Crippen LogP contribution in [0.15, 0.2) is 62.2 Å². The molecule has 0 amide bonds. The van der Waals surface area contributed by atoms with E-state index in [1.54, 1.807) is 0 Å². The highest BCUT2D eigenvalue weighted by Gasteiger charge is 2.04. The lowest BCUT2D eigenvalue weighted by Crippen LogP contribution is -2.23. The van der Waals surface area contributed by atoms with Crippen LogP contribution in [0.3, 0.4) is 0 Å². The number of nitrogen functional groups attached to an aromatic ring is 1. The third kappa shape index (κ3) is 5.94. The summed E-state index contributed by atoms with van der Waals surface area (Å²) in [6.07, 6.45) is 6.67. The van der Waals surface area contributed by atoms with E-state index in [4.69, 9.17) is 5.73 Å². The molecule has 0 bridgehead atoms. The SMILES string of the molecule is C=CCC.C=CCN(CC=C)c1ccccc1N. The standard InChI is InChI=1S/C12H16N2.C4H8/c1-3-9-14(10-4-2)12-8-6-5-7-11(12)13;1-3-4-2/h3-8H,1-2,9-10,13H2;3H,1,4H2,2H3. The minimum Gasteiger partial charge on any atom is -0.397 e. The van der Waals surface area contributed by atoms with Gasteiger partial charge >= 0.3 is 0 Å². The van der Waals surface area contributed by atoms with Crippen LogP contribution in [0.4, 0.5) is 11.4 Å². The average Bonchev–Trinajstić information content (AvgIpc) is 2.39. The van der Waals surface area contributed by atoms with Crippen molar-refractivity contribution >= 4 is 11.4 Å². The molecule has 0 atom stereocenters. The molecule has 2 nitrogen and oxygen atoms in total. The molecule has 0 saturated heterocycles. The molecule has 0 aliphatic carbocycles. The average molecular weight is 244 g/mol. The van der Waals surface area contributed by atoms with Crippen LogP contribution in [0.2, 0.25) is 0 Å². The lowest BCUT2D eigenvalue weighted by Gasteiger charge is -2.22. The van der Waals surface area contributed by atoms with E-state index in [0.717, 1.165) is 30.9 Å². The van der Waals surface area contributed by atoms with E-state index in [1.807, 2.05) is 42.5 Å². The Hall–Kier alpha value is -1.96. The molecule has 0 heterocycles. The molecule has 0 radical (unpaired) electrons. The van der Waals surface area contributed by atoms with Gasteiger partial charge in [0.05, 0.1) is 11.4 Å². The van der Waals surface area contributed by atoms with Crippen molar-refractivity contribution in [3.8, 4) is 0 Å². The second-order valence-corrected chi connectivity index (χ2v) is 3.74. The number of rotatable bonds is 6. The van der Waals surface area contributed by atoms with E-state index in [-0.39, 0.29) is 0 Å². The van der Waals surface area contributed by atoms with Gasteiger partial charge in [0.15, 0.2) is 0 Å². The number of nitrogens with two attached hydrogens (primary N) is 1. The second kappa shape index (κ2) is 10.2. The van der Waals surface area contributed by atoms with Gasteiger partial charge < -0.3 is 10.6 Å². The molecule has 0 fully saturated rings. The molecule has 1 aromatic rings. The summed E-state index contributed by atoms with van der Waals surface area (Å²) >= 11 is 0. The lowest BCUT2D eigenvalue weighted by atomic mass is 10.2. The normalized spacial score (nSPS) is 8.72. The highest BCUT2D eigenvalue weighted by molar-refractivity contribution is 5.67. The Labute approximate surface area is 111 Å². The van der Waals surface area contributed by atoms with Crippen molar-refractivity contribution in [1.82, 2.24) is 0 Å². The van der Waals surface area contributed by atoms with E-state index in [9.17, 15) is 0 Å². The number of hydrogen-bond donors (Lipinski definition) is 1. The van der Waals surface area contributed by atoms with E-state index in [2.05, 4.69) is 31.6 Å². The highest BCUT2D eigenvalue weighted by Crippen LogP contribution is 2.21. The first-order valence-electron chi connectivity index (χ1n) is 6.13. The van der Waals surface area contributed by atoms with Crippen LogP contribution in [0, 0.1) is 0 Å². The van der Waals surface area contributed by atoms with Gasteiger partial charge in [-0.2, -0.15) is 0 Å². The summed E-state index contributed by atoms with van der Waals surface area (Å²) in [6, 6.07) is 7.81. The zero-order valence-electron chi connectivity index (χ0n) is 11.3. The van der Waals surface area contributed by atoms with Crippen molar-refractivity contribution in [2.75, 3.05) is 23.7 Å². The fourth-order valence-electron chi connectivity index (χ4n) is 1.36. The van der Waals surface area contributed by atoms with Crippen molar-refractivity contribution in [3.63, 3.8) is 0 Å². The summed E-state index contributed by atoms with van der Waals surface area (Å²) in [5.74, 6) is 0. The zero-order valence-corrected chi connectivity index (χ0v) is 11.3. The van der Waals surface area contributed by atoms with Gasteiger partial charge in [-0.25, -0.2) is 0 Å². The molecule has 0 unspecified atom stereocenters. The van der Waals surface area contributed by atoms with Crippen molar-refractivity contribution < 1.29 is 0 Å². The maximum Gasteiger partial charge on any atom is 0.0605 e. The Kier molecular flexibility index (Phi) is 9.10. The number of nitrogens with zero attached hydrogens (tertiary/aromatic N) is 1. The fourth-order valence-corrected chi connectivity index (χ4v) is 1.36. The van der Waals surface area contributed by atoms with Gasteiger partial charge in [-0.05, 0) is 18.6 Å². The van der Waals surface area contributed by atoms with Crippen LogP contribution in [0.5, 0.6) is 0 Å². The second-order valence-electron chi connectivity index (χ2n) is 3.74. The quantitative estimate of drug-likeness (QED) is 0.604. The Balaban J connectivity index is 0.000000631. The highest BCUT2D eigenvalue weighted by atomic mass is 15.1. The first-order valence-corrected chi connectivity index (χ1v) is 6.13. The molecule has 2 N–H and O–H groups in total. The summed E-state index contributed by atoms with van der Waals surface area (Å²) in [5, 5.41) is 0. The first-order chi connectivity index (χ1) is 8.71. The number of anilines is 2. The smallest absolute Gasteiger partial charge is 0.0605 e. The van der Waals surface area contributed by atoms with Crippen LogP contribution < -0.4 is 10.6 Å². The summed E-state index contributed by atoms with van der Waals surface area (Å²) < 4.78 is 0. The van der Waals surface area contributed by atoms with Crippen LogP contribution in [0.25, 0.3) is 0 Å². The predicted molar refractivity (Wildman–Crippen MR) is 83.9 cm³/mol. The molecule has 2 heteroatoms. The molecule has 1 aromatic carbocycles. The van der Waals surface area contributed by atoms with Gasteiger partial charge in [-0.15, -0.1) is 19.7 Å². The van der Waals surface area contributed by atoms with Gasteiger partial charge in [0.1, 0.15) is 0 Å². The van der Waals surface area contributed by atoms with E-state index >= 15 is 0 Å². The van der Waals surface area contributed by atoms with Gasteiger partial charge in [-0.1, -0.05) is 37.3 Å². The van der Waals surface area contributed by atoms with E-state index in [0.29, 0.717) is 0 Å². The lowest BCUT2D eigenvalue weighted by molar-refractivity contribution is 0.959. The summed E-state index contributed by atoms with van der Waals surface area (Å²) in [5.41, 5.74) is 7.69.